The van der Waals surface area contributed by atoms with Crippen molar-refractivity contribution in [3.05, 3.63) is 0 Å². The van der Waals surface area contributed by atoms with E-state index < -0.39 is 0 Å². The van der Waals surface area contributed by atoms with Crippen molar-refractivity contribution in [1.82, 2.24) is 15.1 Å². The number of aliphatic hydroxyl groups excluding tert-OH is 1. The van der Waals surface area contributed by atoms with Gasteiger partial charge in [0.25, 0.3) is 0 Å². The van der Waals surface area contributed by atoms with Crippen LogP contribution in [0.1, 0.15) is 52.4 Å². The van der Waals surface area contributed by atoms with E-state index >= 15 is 0 Å². The minimum absolute atomic E-state index is 0.00401. The van der Waals surface area contributed by atoms with Crippen molar-refractivity contribution in [2.75, 3.05) is 26.7 Å². The van der Waals surface area contributed by atoms with E-state index in [1.807, 2.05) is 6.92 Å². The van der Waals surface area contributed by atoms with Crippen LogP contribution in [0.3, 0.4) is 0 Å². The summed E-state index contributed by atoms with van der Waals surface area (Å²) in [6.07, 6.45) is 7.20. The molecule has 2 rings (SSSR count). The van der Waals surface area contributed by atoms with Crippen molar-refractivity contribution in [1.29, 1.82) is 0 Å². The lowest BCUT2D eigenvalue weighted by Crippen LogP contribution is -2.50. The van der Waals surface area contributed by atoms with E-state index in [-0.39, 0.29) is 18.7 Å². The highest BCUT2D eigenvalue weighted by Gasteiger charge is 2.29. The average Bonchev–Trinajstić information content (AvgIpc) is 2.55. The van der Waals surface area contributed by atoms with Crippen LogP contribution in [0, 0.1) is 5.92 Å². The van der Waals surface area contributed by atoms with E-state index in [9.17, 15) is 4.79 Å². The highest BCUT2D eigenvalue weighted by Crippen LogP contribution is 2.27. The SMILES string of the molecule is CC1CCN(C2CCC(NC(=O)N(C)C(C)CO)CC2)CC1. The summed E-state index contributed by atoms with van der Waals surface area (Å²) in [7, 11) is 1.75. The number of rotatable bonds is 4. The van der Waals surface area contributed by atoms with Gasteiger partial charge in [0.05, 0.1) is 12.6 Å². The Bertz CT molecular complexity index is 348. The number of nitrogens with zero attached hydrogens (tertiary/aromatic N) is 2. The summed E-state index contributed by atoms with van der Waals surface area (Å²) in [6.45, 7) is 6.71. The molecule has 128 valence electrons. The molecule has 5 nitrogen and oxygen atoms in total. The molecule has 2 N–H and O–H groups in total. The Morgan fingerprint density at radius 3 is 2.36 bits per heavy atom. The van der Waals surface area contributed by atoms with Crippen molar-refractivity contribution in [2.24, 2.45) is 5.92 Å². The molecular formula is C17H33N3O2. The molecule has 2 amide bonds. The summed E-state index contributed by atoms with van der Waals surface area (Å²) >= 11 is 0. The molecule has 0 aromatic heterocycles. The molecule has 5 heteroatoms. The molecule has 0 radical (unpaired) electrons. The van der Waals surface area contributed by atoms with Crippen molar-refractivity contribution >= 4 is 6.03 Å². The van der Waals surface area contributed by atoms with Crippen molar-refractivity contribution < 1.29 is 9.90 Å². The normalized spacial score (nSPS) is 29.1. The van der Waals surface area contributed by atoms with Gasteiger partial charge in [0.2, 0.25) is 0 Å². The predicted octanol–water partition coefficient (Wildman–Crippen LogP) is 2.05. The lowest BCUT2D eigenvalue weighted by Gasteiger charge is -2.40. The van der Waals surface area contributed by atoms with Gasteiger partial charge >= 0.3 is 6.03 Å². The lowest BCUT2D eigenvalue weighted by atomic mass is 9.88. The summed E-state index contributed by atoms with van der Waals surface area (Å²) in [6, 6.07) is 0.819. The number of likely N-dealkylation sites (N-methyl/N-ethyl adjacent to an activating group) is 1. The van der Waals surface area contributed by atoms with Gasteiger partial charge in [0.15, 0.2) is 0 Å². The molecule has 1 heterocycles. The molecule has 2 aliphatic rings. The topological polar surface area (TPSA) is 55.8 Å². The zero-order valence-electron chi connectivity index (χ0n) is 14.4. The van der Waals surface area contributed by atoms with Crippen LogP contribution in [-0.4, -0.2) is 65.8 Å². The van der Waals surface area contributed by atoms with Gasteiger partial charge in [-0.15, -0.1) is 0 Å². The fourth-order valence-corrected chi connectivity index (χ4v) is 3.58. The Kier molecular flexibility index (Phi) is 6.50. The van der Waals surface area contributed by atoms with Crippen molar-refractivity contribution in [2.45, 2.75) is 70.5 Å². The zero-order valence-corrected chi connectivity index (χ0v) is 14.4. The number of aliphatic hydroxyl groups is 1. The molecule has 1 saturated carbocycles. The highest BCUT2D eigenvalue weighted by atomic mass is 16.3. The van der Waals surface area contributed by atoms with E-state index in [1.54, 1.807) is 11.9 Å². The third-order valence-electron chi connectivity index (χ3n) is 5.60. The minimum Gasteiger partial charge on any atom is -0.394 e. The second kappa shape index (κ2) is 8.16. The molecule has 0 spiro atoms. The molecule has 1 atom stereocenters. The smallest absolute Gasteiger partial charge is 0.317 e. The zero-order chi connectivity index (χ0) is 16.1. The van der Waals surface area contributed by atoms with Crippen LogP contribution in [-0.2, 0) is 0 Å². The van der Waals surface area contributed by atoms with Gasteiger partial charge in [-0.05, 0) is 64.5 Å². The number of carbonyl (C=O) groups excluding carboxylic acids is 1. The number of hydrogen-bond acceptors (Lipinski definition) is 3. The van der Waals surface area contributed by atoms with Crippen LogP contribution < -0.4 is 5.32 Å². The molecule has 2 fully saturated rings. The Balaban J connectivity index is 1.72. The maximum absolute atomic E-state index is 12.1. The summed E-state index contributed by atoms with van der Waals surface area (Å²) in [5.41, 5.74) is 0. The van der Waals surface area contributed by atoms with Crippen molar-refractivity contribution in [3.8, 4) is 0 Å². The fraction of sp³-hybridized carbons (Fsp3) is 0.941. The van der Waals surface area contributed by atoms with Gasteiger partial charge < -0.3 is 20.2 Å². The maximum atomic E-state index is 12.1. The second-order valence-corrected chi connectivity index (χ2v) is 7.32. The van der Waals surface area contributed by atoms with E-state index in [0.29, 0.717) is 6.04 Å². The lowest BCUT2D eigenvalue weighted by molar-refractivity contribution is 0.102. The first-order valence-corrected chi connectivity index (χ1v) is 8.89. The van der Waals surface area contributed by atoms with Gasteiger partial charge in [-0.2, -0.15) is 0 Å². The first-order valence-electron chi connectivity index (χ1n) is 8.89. The summed E-state index contributed by atoms with van der Waals surface area (Å²) in [5.74, 6) is 0.885. The molecule has 1 unspecified atom stereocenters. The number of urea groups is 1. The maximum Gasteiger partial charge on any atom is 0.317 e. The average molecular weight is 311 g/mol. The number of carbonyl (C=O) groups is 1. The summed E-state index contributed by atoms with van der Waals surface area (Å²) in [4.78, 5) is 16.4. The molecule has 1 saturated heterocycles. The molecule has 1 aliphatic heterocycles. The number of piperidine rings is 1. The van der Waals surface area contributed by atoms with Crippen LogP contribution in [0.2, 0.25) is 0 Å². The quantitative estimate of drug-likeness (QED) is 0.835. The van der Waals surface area contributed by atoms with Crippen LogP contribution in [0.15, 0.2) is 0 Å². The fourth-order valence-electron chi connectivity index (χ4n) is 3.58. The summed E-state index contributed by atoms with van der Waals surface area (Å²) < 4.78 is 0. The first kappa shape index (κ1) is 17.5. The van der Waals surface area contributed by atoms with E-state index in [1.165, 1.54) is 38.8 Å². The van der Waals surface area contributed by atoms with Crippen LogP contribution >= 0.6 is 0 Å². The molecular weight excluding hydrogens is 278 g/mol. The molecule has 0 aromatic carbocycles. The number of likely N-dealkylation sites (tertiary alicyclic amines) is 1. The Labute approximate surface area is 135 Å². The molecule has 22 heavy (non-hydrogen) atoms. The third-order valence-corrected chi connectivity index (χ3v) is 5.60. The van der Waals surface area contributed by atoms with Gasteiger partial charge in [-0.3, -0.25) is 0 Å². The molecule has 0 aromatic rings. The minimum atomic E-state index is -0.133. The summed E-state index contributed by atoms with van der Waals surface area (Å²) in [5, 5.41) is 12.3. The molecule has 1 aliphatic carbocycles. The first-order chi connectivity index (χ1) is 10.5. The number of nitrogens with one attached hydrogen (secondary N) is 1. The van der Waals surface area contributed by atoms with E-state index in [2.05, 4.69) is 17.1 Å². The predicted molar refractivity (Wildman–Crippen MR) is 88.9 cm³/mol. The standard InChI is InChI=1S/C17H33N3O2/c1-13-8-10-20(11-9-13)16-6-4-15(5-7-16)18-17(22)19(3)14(2)12-21/h13-16,21H,4-12H2,1-3H3,(H,18,22). The van der Waals surface area contributed by atoms with Crippen molar-refractivity contribution in [3.63, 3.8) is 0 Å². The second-order valence-electron chi connectivity index (χ2n) is 7.32. The Morgan fingerprint density at radius 2 is 1.82 bits per heavy atom. The van der Waals surface area contributed by atoms with E-state index in [0.717, 1.165) is 24.8 Å². The van der Waals surface area contributed by atoms with Crippen LogP contribution in [0.25, 0.3) is 0 Å². The third kappa shape index (κ3) is 4.59. The monoisotopic (exact) mass is 311 g/mol. The Morgan fingerprint density at radius 1 is 1.23 bits per heavy atom. The largest absolute Gasteiger partial charge is 0.394 e. The van der Waals surface area contributed by atoms with E-state index in [4.69, 9.17) is 5.11 Å². The highest BCUT2D eigenvalue weighted by molar-refractivity contribution is 5.74. The van der Waals surface area contributed by atoms with Crippen LogP contribution in [0.5, 0.6) is 0 Å². The van der Waals surface area contributed by atoms with Crippen LogP contribution in [0.4, 0.5) is 4.79 Å². The van der Waals surface area contributed by atoms with Gasteiger partial charge in [0.1, 0.15) is 0 Å². The molecule has 0 bridgehead atoms. The van der Waals surface area contributed by atoms with Gasteiger partial charge in [-0.25, -0.2) is 4.79 Å². The Hall–Kier alpha value is -0.810. The number of hydrogen-bond donors (Lipinski definition) is 2. The number of amides is 2. The van der Waals surface area contributed by atoms with Gasteiger partial charge in [0, 0.05) is 19.1 Å². The van der Waals surface area contributed by atoms with Gasteiger partial charge in [-0.1, -0.05) is 6.92 Å².